The first-order chi connectivity index (χ1) is 10.0. The molecule has 3 rings (SSSR count). The second-order valence-electron chi connectivity index (χ2n) is 4.57. The lowest BCUT2D eigenvalue weighted by molar-refractivity contribution is 0.428. The number of hydrogen-bond donors (Lipinski definition) is 1. The molecule has 0 fully saturated rings. The van der Waals surface area contributed by atoms with Crippen LogP contribution in [-0.4, -0.2) is 15.2 Å². The molecule has 106 valence electrons. The third kappa shape index (κ3) is 2.67. The van der Waals surface area contributed by atoms with Gasteiger partial charge in [0, 0.05) is 16.1 Å². The van der Waals surface area contributed by atoms with Crippen molar-refractivity contribution < 1.29 is 14.0 Å². The van der Waals surface area contributed by atoms with Crippen LogP contribution in [0.5, 0.6) is 5.75 Å². The minimum atomic E-state index is -0.617. The summed E-state index contributed by atoms with van der Waals surface area (Å²) in [4.78, 5) is 4.20. The van der Waals surface area contributed by atoms with E-state index in [0.717, 1.165) is 21.7 Å². The monoisotopic (exact) mass is 348 g/mol. The summed E-state index contributed by atoms with van der Waals surface area (Å²) in [5, 5.41) is 13.1. The molecular formula is C15H10BrFN2O2. The average Bonchev–Trinajstić information content (AvgIpc) is 2.87. The Labute approximate surface area is 128 Å². The molecule has 0 radical (unpaired) electrons. The van der Waals surface area contributed by atoms with E-state index < -0.39 is 5.82 Å². The normalized spacial score (nSPS) is 10.8. The summed E-state index contributed by atoms with van der Waals surface area (Å²) < 4.78 is 19.7. The van der Waals surface area contributed by atoms with Gasteiger partial charge in [-0.3, -0.25) is 0 Å². The van der Waals surface area contributed by atoms with Crippen LogP contribution in [0.15, 0.2) is 45.4 Å². The number of aryl methyl sites for hydroxylation is 1. The molecule has 0 aliphatic heterocycles. The Balaban J connectivity index is 2.03. The van der Waals surface area contributed by atoms with Crippen molar-refractivity contribution in [1.29, 1.82) is 0 Å². The highest BCUT2D eigenvalue weighted by molar-refractivity contribution is 9.10. The lowest BCUT2D eigenvalue weighted by Crippen LogP contribution is -1.86. The Morgan fingerprint density at radius 1 is 1.14 bits per heavy atom. The van der Waals surface area contributed by atoms with E-state index in [0.29, 0.717) is 5.82 Å². The molecular weight excluding hydrogens is 339 g/mol. The highest BCUT2D eigenvalue weighted by atomic mass is 79.9. The van der Waals surface area contributed by atoms with Crippen molar-refractivity contribution in [1.82, 2.24) is 10.1 Å². The predicted octanol–water partition coefficient (Wildman–Crippen LogP) is 4.32. The molecule has 1 heterocycles. The maximum atomic E-state index is 13.8. The SMILES string of the molecule is Cc1ccc(-c2noc(-c3ccc(O)cc3F)n2)c(Br)c1. The molecule has 4 nitrogen and oxygen atoms in total. The second-order valence-corrected chi connectivity index (χ2v) is 5.42. The minimum absolute atomic E-state index is 0.0648. The van der Waals surface area contributed by atoms with Crippen molar-refractivity contribution in [2.24, 2.45) is 0 Å². The van der Waals surface area contributed by atoms with E-state index in [4.69, 9.17) is 4.52 Å². The Morgan fingerprint density at radius 2 is 1.90 bits per heavy atom. The van der Waals surface area contributed by atoms with Gasteiger partial charge in [-0.25, -0.2) is 4.39 Å². The number of hydrogen-bond acceptors (Lipinski definition) is 4. The molecule has 0 aliphatic carbocycles. The molecule has 0 spiro atoms. The highest BCUT2D eigenvalue weighted by Crippen LogP contribution is 2.30. The molecule has 0 saturated carbocycles. The fourth-order valence-corrected chi connectivity index (χ4v) is 2.59. The van der Waals surface area contributed by atoms with Crippen LogP contribution in [0.3, 0.4) is 0 Å². The lowest BCUT2D eigenvalue weighted by Gasteiger charge is -2.00. The molecule has 2 aromatic carbocycles. The Hall–Kier alpha value is -2.21. The van der Waals surface area contributed by atoms with Crippen molar-refractivity contribution in [3.05, 3.63) is 52.3 Å². The van der Waals surface area contributed by atoms with Crippen LogP contribution in [0.4, 0.5) is 4.39 Å². The van der Waals surface area contributed by atoms with Crippen LogP contribution in [0, 0.1) is 12.7 Å². The molecule has 6 heteroatoms. The highest BCUT2D eigenvalue weighted by Gasteiger charge is 2.16. The maximum Gasteiger partial charge on any atom is 0.261 e. The summed E-state index contributed by atoms with van der Waals surface area (Å²) in [6, 6.07) is 9.49. The van der Waals surface area contributed by atoms with Crippen molar-refractivity contribution in [3.8, 4) is 28.6 Å². The van der Waals surface area contributed by atoms with Crippen molar-refractivity contribution in [3.63, 3.8) is 0 Å². The molecule has 0 aliphatic rings. The van der Waals surface area contributed by atoms with Gasteiger partial charge in [0.2, 0.25) is 5.82 Å². The summed E-state index contributed by atoms with van der Waals surface area (Å²) in [7, 11) is 0. The van der Waals surface area contributed by atoms with Crippen LogP contribution >= 0.6 is 15.9 Å². The fourth-order valence-electron chi connectivity index (χ4n) is 1.92. The number of phenolic OH excluding ortho intramolecular Hbond substituents is 1. The zero-order valence-corrected chi connectivity index (χ0v) is 12.6. The fraction of sp³-hybridized carbons (Fsp3) is 0.0667. The number of aromatic nitrogens is 2. The van der Waals surface area contributed by atoms with Crippen LogP contribution < -0.4 is 0 Å². The third-order valence-corrected chi connectivity index (χ3v) is 3.63. The third-order valence-electron chi connectivity index (χ3n) is 2.97. The zero-order valence-electron chi connectivity index (χ0n) is 11.0. The number of halogens is 2. The van der Waals surface area contributed by atoms with E-state index in [2.05, 4.69) is 26.1 Å². The van der Waals surface area contributed by atoms with Crippen molar-refractivity contribution in [2.45, 2.75) is 6.92 Å². The van der Waals surface area contributed by atoms with Crippen LogP contribution in [-0.2, 0) is 0 Å². The molecule has 0 unspecified atom stereocenters. The first kappa shape index (κ1) is 13.8. The van der Waals surface area contributed by atoms with Gasteiger partial charge in [-0.15, -0.1) is 0 Å². The van der Waals surface area contributed by atoms with E-state index in [1.807, 2.05) is 25.1 Å². The topological polar surface area (TPSA) is 59.2 Å². The van der Waals surface area contributed by atoms with Gasteiger partial charge in [-0.2, -0.15) is 4.98 Å². The van der Waals surface area contributed by atoms with Gasteiger partial charge in [0.15, 0.2) is 0 Å². The summed E-state index contributed by atoms with van der Waals surface area (Å²) in [5.74, 6) is -0.343. The molecule has 0 atom stereocenters. The Bertz CT molecular complexity index is 751. The summed E-state index contributed by atoms with van der Waals surface area (Å²) in [5.41, 5.74) is 2.00. The van der Waals surface area contributed by atoms with E-state index in [1.165, 1.54) is 12.1 Å². The number of rotatable bonds is 2. The quantitative estimate of drug-likeness (QED) is 0.749. The Morgan fingerprint density at radius 3 is 2.62 bits per heavy atom. The van der Waals surface area contributed by atoms with Gasteiger partial charge in [0.25, 0.3) is 5.89 Å². The summed E-state index contributed by atoms with van der Waals surface area (Å²) in [6.45, 7) is 1.97. The van der Waals surface area contributed by atoms with Crippen LogP contribution in [0.1, 0.15) is 5.56 Å². The van der Waals surface area contributed by atoms with Gasteiger partial charge < -0.3 is 9.63 Å². The number of aromatic hydroxyl groups is 1. The lowest BCUT2D eigenvalue weighted by atomic mass is 10.1. The van der Waals surface area contributed by atoms with Crippen molar-refractivity contribution in [2.75, 3.05) is 0 Å². The predicted molar refractivity (Wildman–Crippen MR) is 79.2 cm³/mol. The largest absolute Gasteiger partial charge is 0.508 e. The molecule has 0 bridgehead atoms. The molecule has 3 aromatic rings. The van der Waals surface area contributed by atoms with E-state index in [-0.39, 0.29) is 17.2 Å². The molecule has 0 amide bonds. The first-order valence-electron chi connectivity index (χ1n) is 6.14. The van der Waals surface area contributed by atoms with E-state index in [1.54, 1.807) is 0 Å². The molecule has 1 aromatic heterocycles. The van der Waals surface area contributed by atoms with Crippen LogP contribution in [0.2, 0.25) is 0 Å². The smallest absolute Gasteiger partial charge is 0.261 e. The van der Waals surface area contributed by atoms with Gasteiger partial charge >= 0.3 is 0 Å². The summed E-state index contributed by atoms with van der Waals surface area (Å²) >= 11 is 3.44. The second kappa shape index (κ2) is 5.29. The zero-order chi connectivity index (χ0) is 15.0. The van der Waals surface area contributed by atoms with E-state index >= 15 is 0 Å². The maximum absolute atomic E-state index is 13.8. The standard InChI is InChI=1S/C15H10BrFN2O2/c1-8-2-4-10(12(16)6-8)14-18-15(21-19-14)11-5-3-9(20)7-13(11)17/h2-7,20H,1H3. The molecule has 21 heavy (non-hydrogen) atoms. The van der Waals surface area contributed by atoms with E-state index in [9.17, 15) is 9.50 Å². The number of phenols is 1. The Kier molecular flexibility index (Phi) is 3.47. The van der Waals surface area contributed by atoms with Gasteiger partial charge in [-0.05, 0) is 36.8 Å². The van der Waals surface area contributed by atoms with Gasteiger partial charge in [0.1, 0.15) is 11.6 Å². The summed E-state index contributed by atoms with van der Waals surface area (Å²) in [6.07, 6.45) is 0. The van der Waals surface area contributed by atoms with Gasteiger partial charge in [-0.1, -0.05) is 27.2 Å². The number of benzene rings is 2. The van der Waals surface area contributed by atoms with Crippen LogP contribution in [0.25, 0.3) is 22.8 Å². The number of nitrogens with zero attached hydrogens (tertiary/aromatic N) is 2. The molecule has 0 saturated heterocycles. The van der Waals surface area contributed by atoms with Crippen molar-refractivity contribution >= 4 is 15.9 Å². The first-order valence-corrected chi connectivity index (χ1v) is 6.93. The minimum Gasteiger partial charge on any atom is -0.508 e. The molecule has 1 N–H and O–H groups in total. The van der Waals surface area contributed by atoms with Gasteiger partial charge in [0.05, 0.1) is 5.56 Å². The average molecular weight is 349 g/mol.